The van der Waals surface area contributed by atoms with Crippen LogP contribution in [0.5, 0.6) is 0 Å². The van der Waals surface area contributed by atoms with Gasteiger partial charge in [-0.15, -0.1) is 0 Å². The summed E-state index contributed by atoms with van der Waals surface area (Å²) in [5, 5.41) is 14.0. The van der Waals surface area contributed by atoms with Crippen molar-refractivity contribution in [2.24, 2.45) is 5.10 Å². The first-order valence-corrected chi connectivity index (χ1v) is 5.64. The molecular formula is C11H7ClN4O4. The SMILES string of the molecule is O=C(NN=Cc1ccc([N+](=O)[O-])o1)c1cccnc1Cl. The number of nitrogens with zero attached hydrogens (tertiary/aromatic N) is 3. The summed E-state index contributed by atoms with van der Waals surface area (Å²) in [6.07, 6.45) is 2.58. The number of pyridine rings is 1. The van der Waals surface area contributed by atoms with Crippen LogP contribution in [0.1, 0.15) is 16.1 Å². The van der Waals surface area contributed by atoms with Crippen molar-refractivity contribution in [1.29, 1.82) is 0 Å². The van der Waals surface area contributed by atoms with Crippen LogP contribution in [0.3, 0.4) is 0 Å². The Morgan fingerprint density at radius 2 is 2.30 bits per heavy atom. The fraction of sp³-hybridized carbons (Fsp3) is 0. The van der Waals surface area contributed by atoms with Crippen LogP contribution in [0.2, 0.25) is 5.15 Å². The van der Waals surface area contributed by atoms with Crippen LogP contribution in [0, 0.1) is 10.1 Å². The van der Waals surface area contributed by atoms with E-state index >= 15 is 0 Å². The molecule has 0 aromatic carbocycles. The van der Waals surface area contributed by atoms with Crippen molar-refractivity contribution in [2.45, 2.75) is 0 Å². The number of rotatable bonds is 4. The van der Waals surface area contributed by atoms with Gasteiger partial charge in [-0.1, -0.05) is 11.6 Å². The van der Waals surface area contributed by atoms with E-state index in [4.69, 9.17) is 16.0 Å². The minimum Gasteiger partial charge on any atom is -0.400 e. The largest absolute Gasteiger partial charge is 0.433 e. The highest BCUT2D eigenvalue weighted by molar-refractivity contribution is 6.32. The van der Waals surface area contributed by atoms with Gasteiger partial charge in [-0.3, -0.25) is 14.9 Å². The number of amides is 1. The number of hydrogen-bond acceptors (Lipinski definition) is 6. The zero-order chi connectivity index (χ0) is 14.5. The molecule has 20 heavy (non-hydrogen) atoms. The van der Waals surface area contributed by atoms with E-state index < -0.39 is 16.7 Å². The lowest BCUT2D eigenvalue weighted by molar-refractivity contribution is -0.402. The minimum absolute atomic E-state index is 0.0498. The van der Waals surface area contributed by atoms with Crippen molar-refractivity contribution in [3.8, 4) is 0 Å². The van der Waals surface area contributed by atoms with Crippen LogP contribution in [0.4, 0.5) is 5.88 Å². The fourth-order valence-electron chi connectivity index (χ4n) is 1.28. The van der Waals surface area contributed by atoms with E-state index in [1.165, 1.54) is 24.4 Å². The number of nitrogens with one attached hydrogen (secondary N) is 1. The number of furan rings is 1. The number of aromatic nitrogens is 1. The summed E-state index contributed by atoms with van der Waals surface area (Å²) in [4.78, 5) is 25.1. The smallest absolute Gasteiger partial charge is 0.400 e. The van der Waals surface area contributed by atoms with E-state index in [-0.39, 0.29) is 16.5 Å². The summed E-state index contributed by atoms with van der Waals surface area (Å²) in [6, 6.07) is 5.57. The van der Waals surface area contributed by atoms with E-state index in [0.717, 1.165) is 6.21 Å². The molecule has 0 saturated heterocycles. The monoisotopic (exact) mass is 294 g/mol. The van der Waals surface area contributed by atoms with E-state index in [1.54, 1.807) is 6.07 Å². The van der Waals surface area contributed by atoms with Gasteiger partial charge in [-0.2, -0.15) is 5.10 Å². The molecule has 2 rings (SSSR count). The molecule has 102 valence electrons. The first-order chi connectivity index (χ1) is 9.58. The first-order valence-electron chi connectivity index (χ1n) is 5.26. The minimum atomic E-state index is -0.675. The summed E-state index contributed by atoms with van der Waals surface area (Å²) in [5.41, 5.74) is 2.37. The topological polar surface area (TPSA) is 111 Å². The van der Waals surface area contributed by atoms with Crippen LogP contribution in [-0.4, -0.2) is 22.0 Å². The highest BCUT2D eigenvalue weighted by Gasteiger charge is 2.11. The van der Waals surface area contributed by atoms with Gasteiger partial charge in [0.25, 0.3) is 5.91 Å². The van der Waals surface area contributed by atoms with Crippen molar-refractivity contribution in [2.75, 3.05) is 0 Å². The zero-order valence-electron chi connectivity index (χ0n) is 9.82. The fourth-order valence-corrected chi connectivity index (χ4v) is 1.49. The molecule has 1 amide bonds. The first kappa shape index (κ1) is 13.7. The Kier molecular flexibility index (Phi) is 4.06. The molecule has 9 heteroatoms. The molecule has 1 N–H and O–H groups in total. The molecule has 2 aromatic heterocycles. The predicted molar refractivity (Wildman–Crippen MR) is 69.7 cm³/mol. The van der Waals surface area contributed by atoms with Gasteiger partial charge in [0, 0.05) is 6.20 Å². The van der Waals surface area contributed by atoms with Gasteiger partial charge in [0.2, 0.25) is 0 Å². The average molecular weight is 295 g/mol. The molecule has 0 aliphatic carbocycles. The van der Waals surface area contributed by atoms with Crippen molar-refractivity contribution in [3.63, 3.8) is 0 Å². The summed E-state index contributed by atoms with van der Waals surface area (Å²) >= 11 is 5.74. The molecule has 0 saturated carbocycles. The maximum absolute atomic E-state index is 11.7. The lowest BCUT2D eigenvalue weighted by Gasteiger charge is -2.00. The normalized spacial score (nSPS) is 10.7. The maximum atomic E-state index is 11.7. The van der Waals surface area contributed by atoms with E-state index in [0.29, 0.717) is 0 Å². The van der Waals surface area contributed by atoms with Gasteiger partial charge in [0.15, 0.2) is 5.76 Å². The third-order valence-corrected chi connectivity index (χ3v) is 2.46. The van der Waals surface area contributed by atoms with Gasteiger partial charge in [0.1, 0.15) is 10.1 Å². The van der Waals surface area contributed by atoms with Crippen molar-refractivity contribution < 1.29 is 14.1 Å². The van der Waals surface area contributed by atoms with Gasteiger partial charge < -0.3 is 4.42 Å². The highest BCUT2D eigenvalue weighted by Crippen LogP contribution is 2.14. The van der Waals surface area contributed by atoms with Crippen molar-refractivity contribution >= 4 is 29.6 Å². The number of halogens is 1. The predicted octanol–water partition coefficient (Wildman–Crippen LogP) is 2.00. The number of nitro groups is 1. The molecule has 2 heterocycles. The number of carbonyl (C=O) groups excluding carboxylic acids is 1. The summed E-state index contributed by atoms with van der Waals surface area (Å²) < 4.78 is 4.82. The molecule has 2 aromatic rings. The van der Waals surface area contributed by atoms with Gasteiger partial charge in [-0.05, 0) is 18.2 Å². The molecule has 0 aliphatic rings. The van der Waals surface area contributed by atoms with Gasteiger partial charge in [-0.25, -0.2) is 10.4 Å². The van der Waals surface area contributed by atoms with Crippen LogP contribution in [0.15, 0.2) is 40.0 Å². The number of hydrazone groups is 1. The average Bonchev–Trinajstić information content (AvgIpc) is 2.88. The third-order valence-electron chi connectivity index (χ3n) is 2.15. The van der Waals surface area contributed by atoms with Crippen LogP contribution >= 0.6 is 11.6 Å². The Morgan fingerprint density at radius 3 is 2.95 bits per heavy atom. The summed E-state index contributed by atoms with van der Waals surface area (Å²) in [5.74, 6) is -0.831. The molecule has 0 atom stereocenters. The third kappa shape index (κ3) is 3.18. The summed E-state index contributed by atoms with van der Waals surface area (Å²) in [6.45, 7) is 0. The lowest BCUT2D eigenvalue weighted by Crippen LogP contribution is -2.18. The second kappa shape index (κ2) is 5.93. The Balaban J connectivity index is 2.01. The van der Waals surface area contributed by atoms with E-state index in [2.05, 4.69) is 15.5 Å². The Labute approximate surface area is 117 Å². The molecule has 0 bridgehead atoms. The van der Waals surface area contributed by atoms with E-state index in [9.17, 15) is 14.9 Å². The maximum Gasteiger partial charge on any atom is 0.433 e. The van der Waals surface area contributed by atoms with Crippen LogP contribution in [0.25, 0.3) is 0 Å². The Hall–Kier alpha value is -2.74. The van der Waals surface area contributed by atoms with Gasteiger partial charge >= 0.3 is 5.88 Å². The Morgan fingerprint density at radius 1 is 1.50 bits per heavy atom. The van der Waals surface area contributed by atoms with Crippen LogP contribution < -0.4 is 5.43 Å². The van der Waals surface area contributed by atoms with Crippen LogP contribution in [-0.2, 0) is 0 Å². The van der Waals surface area contributed by atoms with Crippen molar-refractivity contribution in [3.05, 3.63) is 57.1 Å². The molecule has 0 spiro atoms. The molecule has 0 aliphatic heterocycles. The quantitative estimate of drug-likeness (QED) is 0.401. The van der Waals surface area contributed by atoms with Gasteiger partial charge in [0.05, 0.1) is 17.8 Å². The molecule has 0 fully saturated rings. The highest BCUT2D eigenvalue weighted by atomic mass is 35.5. The molecule has 8 nitrogen and oxygen atoms in total. The zero-order valence-corrected chi connectivity index (χ0v) is 10.6. The second-order valence-corrected chi connectivity index (χ2v) is 3.83. The Bertz CT molecular complexity index is 683. The lowest BCUT2D eigenvalue weighted by atomic mass is 10.3. The number of carbonyl (C=O) groups is 1. The molecule has 0 radical (unpaired) electrons. The second-order valence-electron chi connectivity index (χ2n) is 3.47. The van der Waals surface area contributed by atoms with E-state index in [1.807, 2.05) is 0 Å². The standard InChI is InChI=1S/C11H7ClN4O4/c12-10-8(2-1-5-13-10)11(17)15-14-6-7-3-4-9(20-7)16(18)19/h1-6H,(H,15,17). The summed E-state index contributed by atoms with van der Waals surface area (Å²) in [7, 11) is 0. The van der Waals surface area contributed by atoms with Crippen molar-refractivity contribution in [1.82, 2.24) is 10.4 Å². The number of hydrogen-bond donors (Lipinski definition) is 1. The molecular weight excluding hydrogens is 288 g/mol. The molecule has 0 unspecified atom stereocenters.